The van der Waals surface area contributed by atoms with Crippen molar-refractivity contribution in [3.63, 3.8) is 0 Å². The first-order valence-electron chi connectivity index (χ1n) is 8.57. The first-order chi connectivity index (χ1) is 12.9. The molecule has 27 heavy (non-hydrogen) atoms. The molecule has 0 bridgehead atoms. The van der Waals surface area contributed by atoms with Crippen molar-refractivity contribution in [3.8, 4) is 0 Å². The normalized spacial score (nSPS) is 22.5. The minimum absolute atomic E-state index is 0.00925. The van der Waals surface area contributed by atoms with Crippen LogP contribution in [0.15, 0.2) is 30.6 Å². The molecule has 1 fully saturated rings. The Morgan fingerprint density at radius 3 is 2.78 bits per heavy atom. The number of benzene rings is 1. The van der Waals surface area contributed by atoms with E-state index in [4.69, 9.17) is 10.5 Å². The Balaban J connectivity index is 1.85. The van der Waals surface area contributed by atoms with Crippen molar-refractivity contribution >= 4 is 28.6 Å². The number of aromatic nitrogens is 1. The Bertz CT molecular complexity index is 850. The summed E-state index contributed by atoms with van der Waals surface area (Å²) in [4.78, 5) is 16.4. The molecular formula is C19H19F2IN2O3. The molecule has 0 saturated heterocycles. The van der Waals surface area contributed by atoms with Crippen LogP contribution in [0.4, 0.5) is 8.78 Å². The molecule has 2 aromatic rings. The number of carbonyl (C=O) groups is 1. The number of hydrogen-bond donors (Lipinski definition) is 2. The third-order valence-corrected chi connectivity index (χ3v) is 5.35. The lowest BCUT2D eigenvalue weighted by Crippen LogP contribution is -2.48. The van der Waals surface area contributed by atoms with E-state index in [-0.39, 0.29) is 17.5 Å². The van der Waals surface area contributed by atoms with Crippen LogP contribution in [-0.4, -0.2) is 34.3 Å². The van der Waals surface area contributed by atoms with Crippen LogP contribution in [-0.2, 0) is 11.2 Å². The number of pyridine rings is 1. The monoisotopic (exact) mass is 488 g/mol. The van der Waals surface area contributed by atoms with Gasteiger partial charge in [-0.15, -0.1) is 0 Å². The fourth-order valence-corrected chi connectivity index (χ4v) is 3.66. The molecule has 3 rings (SSSR count). The lowest BCUT2D eigenvalue weighted by atomic mass is 9.90. The van der Waals surface area contributed by atoms with Crippen LogP contribution in [0, 0.1) is 15.2 Å². The number of carbonyl (C=O) groups excluding carboxylic acids is 1. The summed E-state index contributed by atoms with van der Waals surface area (Å²) >= 11 is 1.99. The van der Waals surface area contributed by atoms with Crippen molar-refractivity contribution in [3.05, 3.63) is 62.5 Å². The van der Waals surface area contributed by atoms with Gasteiger partial charge in [0.25, 0.3) is 0 Å². The largest absolute Gasteiger partial charge is 0.456 e. The molecule has 1 heterocycles. The first-order valence-corrected chi connectivity index (χ1v) is 9.65. The zero-order valence-corrected chi connectivity index (χ0v) is 16.5. The van der Waals surface area contributed by atoms with Crippen LogP contribution in [0.5, 0.6) is 0 Å². The second-order valence-electron chi connectivity index (χ2n) is 6.60. The van der Waals surface area contributed by atoms with Gasteiger partial charge in [-0.3, -0.25) is 4.98 Å². The van der Waals surface area contributed by atoms with Gasteiger partial charge in [-0.2, -0.15) is 0 Å². The van der Waals surface area contributed by atoms with Crippen molar-refractivity contribution < 1.29 is 23.4 Å². The predicted molar refractivity (Wildman–Crippen MR) is 103 cm³/mol. The molecule has 1 aromatic carbocycles. The molecule has 1 saturated carbocycles. The molecular weight excluding hydrogens is 469 g/mol. The molecule has 0 unspecified atom stereocenters. The topological polar surface area (TPSA) is 85.4 Å². The number of hydrogen-bond acceptors (Lipinski definition) is 5. The number of halogens is 3. The molecule has 3 atom stereocenters. The van der Waals surface area contributed by atoms with E-state index in [1.807, 2.05) is 22.6 Å². The van der Waals surface area contributed by atoms with E-state index in [0.29, 0.717) is 24.8 Å². The summed E-state index contributed by atoms with van der Waals surface area (Å²) in [6.07, 6.45) is 2.22. The minimum Gasteiger partial charge on any atom is -0.456 e. The van der Waals surface area contributed by atoms with Crippen molar-refractivity contribution in [2.75, 3.05) is 0 Å². The highest BCUT2D eigenvalue weighted by atomic mass is 127. The lowest BCUT2D eigenvalue weighted by molar-refractivity contribution is -0.0441. The Labute approximate surface area is 169 Å². The van der Waals surface area contributed by atoms with E-state index in [9.17, 15) is 18.7 Å². The molecule has 0 spiro atoms. The van der Waals surface area contributed by atoms with E-state index in [2.05, 4.69) is 4.98 Å². The smallest absolute Gasteiger partial charge is 0.341 e. The van der Waals surface area contributed by atoms with Gasteiger partial charge >= 0.3 is 5.97 Å². The first kappa shape index (κ1) is 20.1. The number of rotatable bonds is 4. The second-order valence-corrected chi connectivity index (χ2v) is 7.84. The van der Waals surface area contributed by atoms with Crippen LogP contribution < -0.4 is 5.73 Å². The maximum absolute atomic E-state index is 14.4. The Morgan fingerprint density at radius 1 is 1.26 bits per heavy atom. The summed E-state index contributed by atoms with van der Waals surface area (Å²) in [5.41, 5.74) is 6.04. The number of esters is 1. The summed E-state index contributed by atoms with van der Waals surface area (Å²) in [5, 5.41) is 10.1. The summed E-state index contributed by atoms with van der Waals surface area (Å²) in [6, 6.07) is 4.18. The van der Waals surface area contributed by atoms with Crippen LogP contribution in [0.2, 0.25) is 0 Å². The van der Waals surface area contributed by atoms with Gasteiger partial charge in [0.2, 0.25) is 0 Å². The maximum atomic E-state index is 14.4. The van der Waals surface area contributed by atoms with Gasteiger partial charge < -0.3 is 15.6 Å². The Kier molecular flexibility index (Phi) is 6.38. The van der Waals surface area contributed by atoms with E-state index in [0.717, 1.165) is 9.77 Å². The van der Waals surface area contributed by atoms with Crippen molar-refractivity contribution in [1.29, 1.82) is 0 Å². The number of nitrogens with zero attached hydrogens (tertiary/aromatic N) is 1. The van der Waals surface area contributed by atoms with Crippen LogP contribution >= 0.6 is 22.6 Å². The molecule has 5 nitrogen and oxygen atoms in total. The molecule has 3 N–H and O–H groups in total. The maximum Gasteiger partial charge on any atom is 0.341 e. The van der Waals surface area contributed by atoms with Gasteiger partial charge in [0.15, 0.2) is 5.82 Å². The van der Waals surface area contributed by atoms with Gasteiger partial charge in [-0.25, -0.2) is 13.6 Å². The zero-order valence-electron chi connectivity index (χ0n) is 14.4. The van der Waals surface area contributed by atoms with Crippen molar-refractivity contribution in [1.82, 2.24) is 4.98 Å². The van der Waals surface area contributed by atoms with Crippen LogP contribution in [0.1, 0.15) is 40.7 Å². The lowest BCUT2D eigenvalue weighted by Gasteiger charge is -2.32. The van der Waals surface area contributed by atoms with Gasteiger partial charge in [-0.05, 0) is 65.1 Å². The van der Waals surface area contributed by atoms with Crippen molar-refractivity contribution in [2.45, 2.75) is 43.9 Å². The van der Waals surface area contributed by atoms with Gasteiger partial charge in [0, 0.05) is 22.2 Å². The summed E-state index contributed by atoms with van der Waals surface area (Å²) < 4.78 is 34.6. The van der Waals surface area contributed by atoms with E-state index >= 15 is 0 Å². The molecule has 1 aliphatic rings. The van der Waals surface area contributed by atoms with Crippen LogP contribution in [0.25, 0.3) is 0 Å². The number of nitrogens with two attached hydrogens (primary N) is 1. The number of ether oxygens (including phenoxy) is 1. The minimum atomic E-state index is -0.996. The quantitative estimate of drug-likeness (QED) is 0.511. The molecule has 8 heteroatoms. The summed E-state index contributed by atoms with van der Waals surface area (Å²) in [6.45, 7) is 0. The van der Waals surface area contributed by atoms with E-state index in [1.165, 1.54) is 12.3 Å². The summed E-state index contributed by atoms with van der Waals surface area (Å²) in [5.74, 6) is -2.20. The summed E-state index contributed by atoms with van der Waals surface area (Å²) in [7, 11) is 0. The van der Waals surface area contributed by atoms with Gasteiger partial charge in [-0.1, -0.05) is 6.07 Å². The Morgan fingerprint density at radius 2 is 2.04 bits per heavy atom. The zero-order chi connectivity index (χ0) is 19.6. The Hall–Kier alpha value is -1.65. The van der Waals surface area contributed by atoms with E-state index in [1.54, 1.807) is 12.1 Å². The molecule has 0 aliphatic heterocycles. The highest BCUT2D eigenvalue weighted by Gasteiger charge is 2.33. The van der Waals surface area contributed by atoms with Crippen molar-refractivity contribution in [2.24, 2.45) is 5.73 Å². The molecule has 144 valence electrons. The highest BCUT2D eigenvalue weighted by Crippen LogP contribution is 2.25. The predicted octanol–water partition coefficient (Wildman–Crippen LogP) is 2.95. The third-order valence-electron chi connectivity index (χ3n) is 4.68. The number of aliphatic hydroxyl groups excluding tert-OH is 1. The average Bonchev–Trinajstić information content (AvgIpc) is 2.61. The fourth-order valence-electron chi connectivity index (χ4n) is 3.21. The third kappa shape index (κ3) is 4.61. The average molecular weight is 488 g/mol. The molecule has 0 amide bonds. The fraction of sp³-hybridized carbons (Fsp3) is 0.368. The standard InChI is InChI=1S/C19H19F2IN2O3/c20-13-7-12(22)5-4-10(13)6-11-8-24-9-14(21)17(11)19(26)27-16-3-1-2-15(23)18(16)25/h4-5,7-9,15-16,18,25H,1-3,6,23H2/t15-,16-,18+/m0/s1. The van der Waals surface area contributed by atoms with Gasteiger partial charge in [0.1, 0.15) is 23.6 Å². The highest BCUT2D eigenvalue weighted by molar-refractivity contribution is 14.1. The van der Waals surface area contributed by atoms with E-state index < -0.39 is 35.9 Å². The molecule has 1 aliphatic carbocycles. The molecule has 1 aromatic heterocycles. The molecule has 0 radical (unpaired) electrons. The van der Waals surface area contributed by atoms with Gasteiger partial charge in [0.05, 0.1) is 6.20 Å². The van der Waals surface area contributed by atoms with Crippen LogP contribution in [0.3, 0.4) is 0 Å². The second kappa shape index (κ2) is 8.57. The SMILES string of the molecule is N[C@H]1CCC[C@H](OC(=O)c2c(F)cncc2Cc2ccc(I)cc2F)[C@@H]1O. The number of aliphatic hydroxyl groups is 1.